The monoisotopic (exact) mass is 334 g/mol. The van der Waals surface area contributed by atoms with Crippen LogP contribution in [-0.2, 0) is 16.1 Å². The van der Waals surface area contributed by atoms with Gasteiger partial charge in [-0.1, -0.05) is 36.4 Å². The van der Waals surface area contributed by atoms with Crippen LogP contribution in [0.2, 0.25) is 0 Å². The van der Waals surface area contributed by atoms with Crippen LogP contribution in [-0.4, -0.2) is 13.2 Å². The fourth-order valence-electron chi connectivity index (χ4n) is 2.07. The van der Waals surface area contributed by atoms with E-state index in [1.165, 1.54) is 0 Å². The van der Waals surface area contributed by atoms with E-state index in [1.807, 2.05) is 48.5 Å². The van der Waals surface area contributed by atoms with Crippen molar-refractivity contribution in [1.82, 2.24) is 0 Å². The molecule has 1 heterocycles. The molecule has 104 valence electrons. The lowest BCUT2D eigenvalue weighted by Crippen LogP contribution is -2.00. The minimum absolute atomic E-state index is 0.255. The van der Waals surface area contributed by atoms with Crippen LogP contribution >= 0.6 is 15.9 Å². The minimum Gasteiger partial charge on any atom is -0.488 e. The zero-order valence-electron chi connectivity index (χ0n) is 10.9. The maximum Gasteiger partial charge on any atom is 0.184 e. The van der Waals surface area contributed by atoms with Gasteiger partial charge in [0.15, 0.2) is 6.29 Å². The molecule has 0 spiro atoms. The smallest absolute Gasteiger partial charge is 0.184 e. The standard InChI is InChI=1S/C16H15BrO3/c17-14-10-13(16-18-8-9-19-16)6-7-15(14)20-11-12-4-2-1-3-5-12/h1-7,10,16H,8-9,11H2. The third kappa shape index (κ3) is 3.20. The molecule has 0 N–H and O–H groups in total. The summed E-state index contributed by atoms with van der Waals surface area (Å²) in [7, 11) is 0. The van der Waals surface area contributed by atoms with E-state index in [9.17, 15) is 0 Å². The first-order chi connectivity index (χ1) is 9.83. The SMILES string of the molecule is Brc1cc(C2OCCO2)ccc1OCc1ccccc1. The molecule has 1 fully saturated rings. The predicted molar refractivity (Wildman–Crippen MR) is 79.6 cm³/mol. The lowest BCUT2D eigenvalue weighted by molar-refractivity contribution is -0.0441. The van der Waals surface area contributed by atoms with Gasteiger partial charge in [0.1, 0.15) is 12.4 Å². The van der Waals surface area contributed by atoms with Gasteiger partial charge < -0.3 is 14.2 Å². The summed E-state index contributed by atoms with van der Waals surface area (Å²) in [6.45, 7) is 1.85. The van der Waals surface area contributed by atoms with Crippen LogP contribution in [0, 0.1) is 0 Å². The summed E-state index contributed by atoms with van der Waals surface area (Å²) in [6, 6.07) is 16.0. The third-order valence-corrected chi connectivity index (χ3v) is 3.71. The Morgan fingerprint density at radius 3 is 2.50 bits per heavy atom. The van der Waals surface area contributed by atoms with Crippen LogP contribution in [0.5, 0.6) is 5.75 Å². The Morgan fingerprint density at radius 1 is 1.05 bits per heavy atom. The van der Waals surface area contributed by atoms with Gasteiger partial charge in [0.2, 0.25) is 0 Å². The van der Waals surface area contributed by atoms with Crippen molar-refractivity contribution >= 4 is 15.9 Å². The van der Waals surface area contributed by atoms with Crippen molar-refractivity contribution in [3.8, 4) is 5.75 Å². The van der Waals surface area contributed by atoms with E-state index in [4.69, 9.17) is 14.2 Å². The van der Waals surface area contributed by atoms with Crippen molar-refractivity contribution in [2.45, 2.75) is 12.9 Å². The largest absolute Gasteiger partial charge is 0.488 e. The topological polar surface area (TPSA) is 27.7 Å². The highest BCUT2D eigenvalue weighted by molar-refractivity contribution is 9.10. The van der Waals surface area contributed by atoms with Gasteiger partial charge in [-0.15, -0.1) is 0 Å². The van der Waals surface area contributed by atoms with Crippen LogP contribution in [0.15, 0.2) is 53.0 Å². The van der Waals surface area contributed by atoms with Crippen LogP contribution in [0.4, 0.5) is 0 Å². The van der Waals surface area contributed by atoms with Crippen molar-refractivity contribution < 1.29 is 14.2 Å². The number of ether oxygens (including phenoxy) is 3. The average Bonchev–Trinajstić information content (AvgIpc) is 3.01. The molecule has 0 bridgehead atoms. The number of hydrogen-bond donors (Lipinski definition) is 0. The molecule has 1 aliphatic rings. The first-order valence-electron chi connectivity index (χ1n) is 6.52. The van der Waals surface area contributed by atoms with E-state index in [0.29, 0.717) is 19.8 Å². The van der Waals surface area contributed by atoms with Gasteiger partial charge in [0, 0.05) is 5.56 Å². The number of rotatable bonds is 4. The van der Waals surface area contributed by atoms with E-state index in [0.717, 1.165) is 21.3 Å². The van der Waals surface area contributed by atoms with Crippen LogP contribution < -0.4 is 4.74 Å². The normalized spacial score (nSPS) is 15.4. The lowest BCUT2D eigenvalue weighted by atomic mass is 10.2. The molecule has 0 aliphatic carbocycles. The molecular weight excluding hydrogens is 320 g/mol. The highest BCUT2D eigenvalue weighted by Crippen LogP contribution is 2.31. The molecule has 2 aromatic rings. The van der Waals surface area contributed by atoms with Gasteiger partial charge in [-0.25, -0.2) is 0 Å². The van der Waals surface area contributed by atoms with Gasteiger partial charge in [0.05, 0.1) is 17.7 Å². The summed E-state index contributed by atoms with van der Waals surface area (Å²) in [4.78, 5) is 0. The summed E-state index contributed by atoms with van der Waals surface area (Å²) in [5.41, 5.74) is 2.15. The number of benzene rings is 2. The second-order valence-corrected chi connectivity index (χ2v) is 5.39. The average molecular weight is 335 g/mol. The van der Waals surface area contributed by atoms with E-state index >= 15 is 0 Å². The Morgan fingerprint density at radius 2 is 1.80 bits per heavy atom. The van der Waals surface area contributed by atoms with E-state index < -0.39 is 0 Å². The maximum absolute atomic E-state index is 5.81. The van der Waals surface area contributed by atoms with Crippen molar-refractivity contribution in [2.24, 2.45) is 0 Å². The van der Waals surface area contributed by atoms with Crippen molar-refractivity contribution in [3.05, 3.63) is 64.1 Å². The van der Waals surface area contributed by atoms with Crippen LogP contribution in [0.25, 0.3) is 0 Å². The Kier molecular flexibility index (Phi) is 4.35. The number of halogens is 1. The van der Waals surface area contributed by atoms with Gasteiger partial charge >= 0.3 is 0 Å². The fourth-order valence-corrected chi connectivity index (χ4v) is 2.58. The molecule has 0 unspecified atom stereocenters. The zero-order chi connectivity index (χ0) is 13.8. The van der Waals surface area contributed by atoms with Gasteiger partial charge in [-0.05, 0) is 33.6 Å². The highest BCUT2D eigenvalue weighted by atomic mass is 79.9. The molecule has 20 heavy (non-hydrogen) atoms. The molecule has 0 amide bonds. The maximum atomic E-state index is 5.81. The molecule has 1 saturated heterocycles. The summed E-state index contributed by atoms with van der Waals surface area (Å²) in [5.74, 6) is 0.815. The quantitative estimate of drug-likeness (QED) is 0.843. The van der Waals surface area contributed by atoms with Gasteiger partial charge in [-0.3, -0.25) is 0 Å². The molecular formula is C16H15BrO3. The van der Waals surface area contributed by atoms with Crippen LogP contribution in [0.1, 0.15) is 17.4 Å². The second kappa shape index (κ2) is 6.39. The van der Waals surface area contributed by atoms with E-state index in [2.05, 4.69) is 15.9 Å². The third-order valence-electron chi connectivity index (χ3n) is 3.09. The first-order valence-corrected chi connectivity index (χ1v) is 7.31. The molecule has 0 aromatic heterocycles. The minimum atomic E-state index is -0.255. The molecule has 4 heteroatoms. The second-order valence-electron chi connectivity index (χ2n) is 4.54. The van der Waals surface area contributed by atoms with Gasteiger partial charge in [0.25, 0.3) is 0 Å². The van der Waals surface area contributed by atoms with Crippen molar-refractivity contribution in [3.63, 3.8) is 0 Å². The molecule has 3 nitrogen and oxygen atoms in total. The number of hydrogen-bond acceptors (Lipinski definition) is 3. The Hall–Kier alpha value is -1.36. The van der Waals surface area contributed by atoms with E-state index in [-0.39, 0.29) is 6.29 Å². The Balaban J connectivity index is 1.68. The predicted octanol–water partition coefficient (Wildman–Crippen LogP) is 4.07. The summed E-state index contributed by atoms with van der Waals surface area (Å²) in [5, 5.41) is 0. The zero-order valence-corrected chi connectivity index (χ0v) is 12.5. The van der Waals surface area contributed by atoms with Crippen LogP contribution in [0.3, 0.4) is 0 Å². The summed E-state index contributed by atoms with van der Waals surface area (Å²) >= 11 is 3.53. The van der Waals surface area contributed by atoms with Crippen molar-refractivity contribution in [1.29, 1.82) is 0 Å². The molecule has 0 saturated carbocycles. The fraction of sp³-hybridized carbons (Fsp3) is 0.250. The Labute approximate surface area is 126 Å². The lowest BCUT2D eigenvalue weighted by Gasteiger charge is -2.13. The Bertz CT molecular complexity index is 565. The summed E-state index contributed by atoms with van der Waals surface area (Å²) in [6.07, 6.45) is -0.255. The van der Waals surface area contributed by atoms with Crippen molar-refractivity contribution in [2.75, 3.05) is 13.2 Å². The first kappa shape index (κ1) is 13.6. The molecule has 2 aromatic carbocycles. The molecule has 0 radical (unpaired) electrons. The van der Waals surface area contributed by atoms with Gasteiger partial charge in [-0.2, -0.15) is 0 Å². The van der Waals surface area contributed by atoms with E-state index in [1.54, 1.807) is 0 Å². The highest BCUT2D eigenvalue weighted by Gasteiger charge is 2.19. The molecule has 3 rings (SSSR count). The summed E-state index contributed by atoms with van der Waals surface area (Å²) < 4.78 is 17.7. The molecule has 0 atom stereocenters. The molecule has 1 aliphatic heterocycles.